The minimum atomic E-state index is 0.400. The zero-order valence-electron chi connectivity index (χ0n) is 11.6. The summed E-state index contributed by atoms with van der Waals surface area (Å²) in [6.45, 7) is 9.01. The molecule has 1 aromatic carbocycles. The molecule has 1 aromatic rings. The Morgan fingerprint density at radius 1 is 1.29 bits per heavy atom. The van der Waals surface area contributed by atoms with Crippen molar-refractivity contribution in [1.29, 1.82) is 0 Å². The zero-order chi connectivity index (χ0) is 13.1. The molecule has 0 fully saturated rings. The fourth-order valence-electron chi connectivity index (χ4n) is 1.88. The van der Waals surface area contributed by atoms with Gasteiger partial charge in [0, 0.05) is 10.5 Å². The summed E-state index contributed by atoms with van der Waals surface area (Å²) in [7, 11) is 2.04. The average Bonchev–Trinajstić information content (AvgIpc) is 2.22. The quantitative estimate of drug-likeness (QED) is 0.838. The molecule has 1 atom stereocenters. The standard InChI is InChI=1S/C15H24BrN/c1-11-6-7-12(10-13(11)16)14(17-5)8-9-15(2,3)4/h6-7,10,14,17H,8-9H2,1-5H3. The molecule has 1 unspecified atom stereocenters. The van der Waals surface area contributed by atoms with Crippen LogP contribution in [-0.2, 0) is 0 Å². The molecule has 96 valence electrons. The van der Waals surface area contributed by atoms with Crippen molar-refractivity contribution < 1.29 is 0 Å². The predicted octanol–water partition coefficient (Wildman–Crippen LogP) is 4.84. The highest BCUT2D eigenvalue weighted by atomic mass is 79.9. The molecule has 0 saturated carbocycles. The molecule has 1 N–H and O–H groups in total. The highest BCUT2D eigenvalue weighted by molar-refractivity contribution is 9.10. The molecule has 0 aliphatic carbocycles. The van der Waals surface area contributed by atoms with Gasteiger partial charge in [-0.2, -0.15) is 0 Å². The van der Waals surface area contributed by atoms with E-state index < -0.39 is 0 Å². The molecule has 2 heteroatoms. The van der Waals surface area contributed by atoms with Gasteiger partial charge in [-0.05, 0) is 49.4 Å². The molecule has 0 radical (unpaired) electrons. The van der Waals surface area contributed by atoms with Gasteiger partial charge in [0.1, 0.15) is 0 Å². The van der Waals surface area contributed by atoms with Crippen LogP contribution in [0.2, 0.25) is 0 Å². The van der Waals surface area contributed by atoms with Crippen LogP contribution in [0.1, 0.15) is 50.8 Å². The fraction of sp³-hybridized carbons (Fsp3) is 0.600. The van der Waals surface area contributed by atoms with Gasteiger partial charge in [-0.1, -0.05) is 48.8 Å². The summed E-state index contributed by atoms with van der Waals surface area (Å²) in [4.78, 5) is 0. The number of nitrogens with one attached hydrogen (secondary N) is 1. The van der Waals surface area contributed by atoms with E-state index in [0.29, 0.717) is 11.5 Å². The lowest BCUT2D eigenvalue weighted by atomic mass is 9.87. The third kappa shape index (κ3) is 4.81. The summed E-state index contributed by atoms with van der Waals surface area (Å²) in [5.74, 6) is 0. The molecule has 1 nitrogen and oxygen atoms in total. The minimum absolute atomic E-state index is 0.400. The molecule has 0 aliphatic heterocycles. The highest BCUT2D eigenvalue weighted by Gasteiger charge is 2.15. The first kappa shape index (κ1) is 14.7. The van der Waals surface area contributed by atoms with Crippen LogP contribution in [0.5, 0.6) is 0 Å². The molecular weight excluding hydrogens is 274 g/mol. The lowest BCUT2D eigenvalue weighted by Crippen LogP contribution is -2.19. The fourth-order valence-corrected chi connectivity index (χ4v) is 2.28. The predicted molar refractivity (Wildman–Crippen MR) is 79.4 cm³/mol. The highest BCUT2D eigenvalue weighted by Crippen LogP contribution is 2.29. The second-order valence-corrected chi connectivity index (χ2v) is 6.80. The molecule has 0 saturated heterocycles. The van der Waals surface area contributed by atoms with Crippen molar-refractivity contribution in [2.24, 2.45) is 5.41 Å². The summed E-state index contributed by atoms with van der Waals surface area (Å²) in [6, 6.07) is 7.09. The van der Waals surface area contributed by atoms with Crippen molar-refractivity contribution in [3.05, 3.63) is 33.8 Å². The van der Waals surface area contributed by atoms with Gasteiger partial charge in [-0.15, -0.1) is 0 Å². The first-order valence-electron chi connectivity index (χ1n) is 6.27. The van der Waals surface area contributed by atoms with E-state index >= 15 is 0 Å². The Hall–Kier alpha value is -0.340. The molecule has 0 bridgehead atoms. The van der Waals surface area contributed by atoms with Crippen LogP contribution < -0.4 is 5.32 Å². The van der Waals surface area contributed by atoms with Crippen molar-refractivity contribution in [2.45, 2.75) is 46.6 Å². The first-order valence-corrected chi connectivity index (χ1v) is 7.06. The van der Waals surface area contributed by atoms with Crippen LogP contribution in [0.15, 0.2) is 22.7 Å². The van der Waals surface area contributed by atoms with Crippen LogP contribution in [0.3, 0.4) is 0 Å². The third-order valence-corrected chi connectivity index (χ3v) is 3.98. The van der Waals surface area contributed by atoms with Gasteiger partial charge in [0.15, 0.2) is 0 Å². The Kier molecular flexibility index (Phi) is 5.21. The van der Waals surface area contributed by atoms with Gasteiger partial charge in [-0.25, -0.2) is 0 Å². The van der Waals surface area contributed by atoms with Crippen molar-refractivity contribution in [3.8, 4) is 0 Å². The summed E-state index contributed by atoms with van der Waals surface area (Å²) in [6.07, 6.45) is 2.40. The topological polar surface area (TPSA) is 12.0 Å². The molecule has 0 amide bonds. The molecule has 17 heavy (non-hydrogen) atoms. The monoisotopic (exact) mass is 297 g/mol. The smallest absolute Gasteiger partial charge is 0.0318 e. The first-order chi connectivity index (χ1) is 7.83. The Balaban J connectivity index is 2.76. The second kappa shape index (κ2) is 6.01. The van der Waals surface area contributed by atoms with E-state index in [9.17, 15) is 0 Å². The number of halogens is 1. The van der Waals surface area contributed by atoms with Crippen molar-refractivity contribution in [1.82, 2.24) is 5.32 Å². The largest absolute Gasteiger partial charge is 0.313 e. The van der Waals surface area contributed by atoms with E-state index in [1.54, 1.807) is 0 Å². The number of rotatable bonds is 4. The van der Waals surface area contributed by atoms with Crippen molar-refractivity contribution in [2.75, 3.05) is 7.05 Å². The van der Waals surface area contributed by atoms with Gasteiger partial charge in [0.05, 0.1) is 0 Å². The van der Waals surface area contributed by atoms with Gasteiger partial charge in [0.25, 0.3) is 0 Å². The van der Waals surface area contributed by atoms with Crippen LogP contribution in [0.4, 0.5) is 0 Å². The SMILES string of the molecule is CNC(CCC(C)(C)C)c1ccc(C)c(Br)c1. The molecule has 0 spiro atoms. The van der Waals surface area contributed by atoms with E-state index in [-0.39, 0.29) is 0 Å². The van der Waals surface area contributed by atoms with E-state index in [0.717, 1.165) is 0 Å². The maximum atomic E-state index is 3.61. The lowest BCUT2D eigenvalue weighted by Gasteiger charge is -2.23. The minimum Gasteiger partial charge on any atom is -0.313 e. The maximum absolute atomic E-state index is 3.61. The van der Waals surface area contributed by atoms with E-state index in [4.69, 9.17) is 0 Å². The van der Waals surface area contributed by atoms with Crippen LogP contribution in [0.25, 0.3) is 0 Å². The lowest BCUT2D eigenvalue weighted by molar-refractivity contribution is 0.338. The third-order valence-electron chi connectivity index (χ3n) is 3.13. The van der Waals surface area contributed by atoms with Gasteiger partial charge >= 0.3 is 0 Å². The summed E-state index contributed by atoms with van der Waals surface area (Å²) < 4.78 is 1.20. The molecule has 1 rings (SSSR count). The number of hydrogen-bond donors (Lipinski definition) is 1. The summed E-state index contributed by atoms with van der Waals surface area (Å²) in [5, 5.41) is 3.42. The molecule has 0 heterocycles. The Bertz CT molecular complexity index is 366. The molecular formula is C15H24BrN. The van der Waals surface area contributed by atoms with Crippen LogP contribution in [-0.4, -0.2) is 7.05 Å². The van der Waals surface area contributed by atoms with E-state index in [1.165, 1.54) is 28.4 Å². The summed E-state index contributed by atoms with van der Waals surface area (Å²) in [5.41, 5.74) is 3.06. The Morgan fingerprint density at radius 3 is 2.41 bits per heavy atom. The average molecular weight is 298 g/mol. The van der Waals surface area contributed by atoms with Gasteiger partial charge in [-0.3, -0.25) is 0 Å². The number of aryl methyl sites for hydroxylation is 1. The number of benzene rings is 1. The second-order valence-electron chi connectivity index (χ2n) is 5.95. The van der Waals surface area contributed by atoms with Crippen LogP contribution in [0, 0.1) is 12.3 Å². The van der Waals surface area contributed by atoms with Crippen LogP contribution >= 0.6 is 15.9 Å². The zero-order valence-corrected chi connectivity index (χ0v) is 13.2. The van der Waals surface area contributed by atoms with Gasteiger partial charge in [0.2, 0.25) is 0 Å². The molecule has 0 aliphatic rings. The molecule has 0 aromatic heterocycles. The maximum Gasteiger partial charge on any atom is 0.0318 e. The normalized spacial score (nSPS) is 13.8. The Labute approximate surface area is 114 Å². The number of hydrogen-bond acceptors (Lipinski definition) is 1. The van der Waals surface area contributed by atoms with E-state index in [1.807, 2.05) is 7.05 Å². The summed E-state index contributed by atoms with van der Waals surface area (Å²) >= 11 is 3.61. The van der Waals surface area contributed by atoms with Crippen molar-refractivity contribution in [3.63, 3.8) is 0 Å². The Morgan fingerprint density at radius 2 is 1.94 bits per heavy atom. The van der Waals surface area contributed by atoms with Crippen molar-refractivity contribution >= 4 is 15.9 Å². The van der Waals surface area contributed by atoms with E-state index in [2.05, 4.69) is 67.1 Å². The van der Waals surface area contributed by atoms with Gasteiger partial charge < -0.3 is 5.32 Å².